The zero-order valence-electron chi connectivity index (χ0n) is 19.3. The van der Waals surface area contributed by atoms with E-state index in [4.69, 9.17) is 24.3 Å². The predicted molar refractivity (Wildman–Crippen MR) is 115 cm³/mol. The highest BCUT2D eigenvalue weighted by molar-refractivity contribution is 6.11. The Hall–Kier alpha value is -3.23. The molecule has 2 aromatic rings. The van der Waals surface area contributed by atoms with Crippen LogP contribution in [0.4, 0.5) is 0 Å². The zero-order chi connectivity index (χ0) is 24.1. The topological polar surface area (TPSA) is 97.4 Å². The molecule has 8 heteroatoms. The lowest BCUT2D eigenvalue weighted by Gasteiger charge is -2.18. The van der Waals surface area contributed by atoms with E-state index in [1.807, 2.05) is 0 Å². The van der Waals surface area contributed by atoms with Crippen LogP contribution in [0.25, 0.3) is 0 Å². The van der Waals surface area contributed by atoms with Crippen LogP contribution in [0.3, 0.4) is 0 Å². The van der Waals surface area contributed by atoms with Crippen molar-refractivity contribution < 1.29 is 38.7 Å². The van der Waals surface area contributed by atoms with Gasteiger partial charge in [-0.25, -0.2) is 9.59 Å². The normalized spacial score (nSPS) is 11.6. The molecule has 0 radical (unpaired) electrons. The Bertz CT molecular complexity index is 979. The summed E-state index contributed by atoms with van der Waals surface area (Å²) in [4.78, 5) is 58.0. The number of methoxy groups -OCH3 is 1. The molecular formula is C24H28O8. The summed E-state index contributed by atoms with van der Waals surface area (Å²) in [5.41, 5.74) is -1.31. The highest BCUT2D eigenvalue weighted by atomic mass is 17.2. The second kappa shape index (κ2) is 9.93. The van der Waals surface area contributed by atoms with Crippen LogP contribution in [-0.2, 0) is 19.6 Å². The molecule has 32 heavy (non-hydrogen) atoms. The molecule has 0 aliphatic carbocycles. The van der Waals surface area contributed by atoms with E-state index in [9.17, 15) is 14.4 Å². The molecule has 2 aromatic carbocycles. The van der Waals surface area contributed by atoms with Crippen LogP contribution in [0.1, 0.15) is 78.2 Å². The van der Waals surface area contributed by atoms with Gasteiger partial charge in [-0.3, -0.25) is 14.6 Å². The van der Waals surface area contributed by atoms with Gasteiger partial charge >= 0.3 is 11.9 Å². The lowest BCUT2D eigenvalue weighted by molar-refractivity contribution is -0.302. The van der Waals surface area contributed by atoms with Gasteiger partial charge in [-0.1, -0.05) is 6.07 Å². The lowest BCUT2D eigenvalue weighted by Crippen LogP contribution is -2.25. The van der Waals surface area contributed by atoms with E-state index in [-0.39, 0.29) is 22.5 Å². The standard InChI is InChI=1S/C24H28O8/c1-23(2,3)31-29-21(26)18-13-10-16(14-19(18)22(27)30-32-24(4,5)6)20(25)15-8-11-17(28-7)12-9-15/h8-14H,1-7H3. The summed E-state index contributed by atoms with van der Waals surface area (Å²) >= 11 is 0. The van der Waals surface area contributed by atoms with Gasteiger partial charge in [-0.2, -0.15) is 9.78 Å². The molecule has 0 heterocycles. The SMILES string of the molecule is COc1ccc(C(=O)c2ccc(C(=O)OOC(C)(C)C)c(C(=O)OOC(C)(C)C)c2)cc1. The monoisotopic (exact) mass is 444 g/mol. The maximum atomic E-state index is 12.9. The van der Waals surface area contributed by atoms with Crippen molar-refractivity contribution in [2.24, 2.45) is 0 Å². The average molecular weight is 444 g/mol. The van der Waals surface area contributed by atoms with Crippen LogP contribution in [0.15, 0.2) is 42.5 Å². The average Bonchev–Trinajstić information content (AvgIpc) is 2.74. The molecular weight excluding hydrogens is 416 g/mol. The van der Waals surface area contributed by atoms with Gasteiger partial charge in [0.05, 0.1) is 18.2 Å². The Morgan fingerprint density at radius 2 is 1.12 bits per heavy atom. The highest BCUT2D eigenvalue weighted by Crippen LogP contribution is 2.21. The van der Waals surface area contributed by atoms with E-state index < -0.39 is 23.1 Å². The third-order valence-electron chi connectivity index (χ3n) is 3.81. The summed E-state index contributed by atoms with van der Waals surface area (Å²) in [5, 5.41) is 0. The first kappa shape index (κ1) is 25.0. The summed E-state index contributed by atoms with van der Waals surface area (Å²) in [6.07, 6.45) is 0. The van der Waals surface area contributed by atoms with Crippen molar-refractivity contribution in [1.82, 2.24) is 0 Å². The fourth-order valence-electron chi connectivity index (χ4n) is 2.36. The van der Waals surface area contributed by atoms with Crippen molar-refractivity contribution >= 4 is 17.7 Å². The molecule has 0 N–H and O–H groups in total. The van der Waals surface area contributed by atoms with Crippen molar-refractivity contribution in [3.8, 4) is 5.75 Å². The van der Waals surface area contributed by atoms with Gasteiger partial charge in [0.25, 0.3) is 0 Å². The molecule has 0 bridgehead atoms. The Labute approximate surface area is 187 Å². The van der Waals surface area contributed by atoms with E-state index in [1.165, 1.54) is 25.3 Å². The molecule has 0 saturated carbocycles. The summed E-state index contributed by atoms with van der Waals surface area (Å²) in [6.45, 7) is 10.2. The van der Waals surface area contributed by atoms with E-state index in [0.29, 0.717) is 11.3 Å². The zero-order valence-corrected chi connectivity index (χ0v) is 19.3. The minimum atomic E-state index is -0.952. The minimum Gasteiger partial charge on any atom is -0.497 e. The van der Waals surface area contributed by atoms with Crippen LogP contribution < -0.4 is 4.74 Å². The second-order valence-corrected chi connectivity index (χ2v) is 8.95. The van der Waals surface area contributed by atoms with Crippen LogP contribution in [0.2, 0.25) is 0 Å². The Kier molecular flexibility index (Phi) is 7.77. The maximum absolute atomic E-state index is 12.9. The third-order valence-corrected chi connectivity index (χ3v) is 3.81. The molecule has 0 atom stereocenters. The molecule has 0 fully saturated rings. The van der Waals surface area contributed by atoms with Gasteiger partial charge in [0.2, 0.25) is 0 Å². The van der Waals surface area contributed by atoms with Gasteiger partial charge in [-0.05, 0) is 77.9 Å². The largest absolute Gasteiger partial charge is 0.497 e. The van der Waals surface area contributed by atoms with Crippen molar-refractivity contribution in [1.29, 1.82) is 0 Å². The van der Waals surface area contributed by atoms with Gasteiger partial charge in [0.15, 0.2) is 5.78 Å². The number of hydrogen-bond donors (Lipinski definition) is 0. The number of ether oxygens (including phenoxy) is 1. The van der Waals surface area contributed by atoms with Crippen LogP contribution in [0, 0.1) is 0 Å². The molecule has 0 aliphatic rings. The number of hydrogen-bond acceptors (Lipinski definition) is 8. The molecule has 0 saturated heterocycles. The first-order valence-electron chi connectivity index (χ1n) is 9.93. The van der Waals surface area contributed by atoms with Crippen molar-refractivity contribution in [3.05, 3.63) is 64.7 Å². The minimum absolute atomic E-state index is 0.136. The van der Waals surface area contributed by atoms with Crippen LogP contribution >= 0.6 is 0 Å². The molecule has 0 amide bonds. The Balaban J connectivity index is 2.40. The van der Waals surface area contributed by atoms with E-state index in [1.54, 1.807) is 65.8 Å². The third kappa shape index (κ3) is 7.18. The quantitative estimate of drug-likeness (QED) is 0.344. The second-order valence-electron chi connectivity index (χ2n) is 8.95. The summed E-state index contributed by atoms with van der Waals surface area (Å²) in [7, 11) is 1.52. The molecule has 0 aliphatic heterocycles. The smallest absolute Gasteiger partial charge is 0.374 e. The van der Waals surface area contributed by atoms with Gasteiger partial charge in [0.1, 0.15) is 17.0 Å². The predicted octanol–water partition coefficient (Wildman–Crippen LogP) is 4.70. The Morgan fingerprint density at radius 1 is 0.656 bits per heavy atom. The first-order chi connectivity index (χ1) is 14.8. The first-order valence-corrected chi connectivity index (χ1v) is 9.93. The van der Waals surface area contributed by atoms with Gasteiger partial charge < -0.3 is 4.74 Å². The highest BCUT2D eigenvalue weighted by Gasteiger charge is 2.26. The molecule has 0 unspecified atom stereocenters. The number of ketones is 1. The van der Waals surface area contributed by atoms with E-state index >= 15 is 0 Å². The van der Waals surface area contributed by atoms with E-state index in [2.05, 4.69) is 0 Å². The van der Waals surface area contributed by atoms with E-state index in [0.717, 1.165) is 0 Å². The fourth-order valence-corrected chi connectivity index (χ4v) is 2.36. The Morgan fingerprint density at radius 3 is 1.59 bits per heavy atom. The molecule has 2 rings (SSSR count). The van der Waals surface area contributed by atoms with Crippen molar-refractivity contribution in [3.63, 3.8) is 0 Å². The molecule has 0 aromatic heterocycles. The fraction of sp³-hybridized carbons (Fsp3) is 0.375. The molecule has 172 valence electrons. The van der Waals surface area contributed by atoms with Crippen LogP contribution in [0.5, 0.6) is 5.75 Å². The number of carbonyl (C=O) groups is 3. The summed E-state index contributed by atoms with van der Waals surface area (Å²) < 4.78 is 5.10. The summed E-state index contributed by atoms with van der Waals surface area (Å²) in [6, 6.07) is 10.5. The van der Waals surface area contributed by atoms with Gasteiger partial charge in [0, 0.05) is 11.1 Å². The maximum Gasteiger partial charge on any atom is 0.374 e. The summed E-state index contributed by atoms with van der Waals surface area (Å²) in [5.74, 6) is -1.62. The molecule has 0 spiro atoms. The number of carbonyl (C=O) groups excluding carboxylic acids is 3. The van der Waals surface area contributed by atoms with Gasteiger partial charge in [-0.15, -0.1) is 0 Å². The van der Waals surface area contributed by atoms with Crippen LogP contribution in [-0.4, -0.2) is 36.0 Å². The number of benzene rings is 2. The van der Waals surface area contributed by atoms with Crippen molar-refractivity contribution in [2.45, 2.75) is 52.7 Å². The number of rotatable bonds is 7. The lowest BCUT2D eigenvalue weighted by atomic mass is 9.98. The molecule has 8 nitrogen and oxygen atoms in total. The van der Waals surface area contributed by atoms with Crippen molar-refractivity contribution in [2.75, 3.05) is 7.11 Å².